The second-order valence-electron chi connectivity index (χ2n) is 4.53. The van der Waals surface area contributed by atoms with Crippen LogP contribution in [0.1, 0.15) is 25.0 Å². The van der Waals surface area contributed by atoms with E-state index in [1.165, 1.54) is 13.2 Å². The van der Waals surface area contributed by atoms with Crippen LogP contribution in [0.4, 0.5) is 4.39 Å². The van der Waals surface area contributed by atoms with Gasteiger partial charge in [0, 0.05) is 12.0 Å². The minimum Gasteiger partial charge on any atom is -0.497 e. The highest BCUT2D eigenvalue weighted by atomic mass is 19.1. The van der Waals surface area contributed by atoms with Crippen molar-refractivity contribution in [2.45, 2.75) is 19.3 Å². The Morgan fingerprint density at radius 1 is 1.32 bits per heavy atom. The van der Waals surface area contributed by atoms with Crippen molar-refractivity contribution in [2.75, 3.05) is 13.7 Å². The minimum atomic E-state index is -0.355. The van der Waals surface area contributed by atoms with Crippen LogP contribution < -0.4 is 10.5 Å². The lowest BCUT2D eigenvalue weighted by atomic mass is 10.1. The van der Waals surface area contributed by atoms with Crippen molar-refractivity contribution >= 4 is 0 Å². The average Bonchev–Trinajstić information content (AvgIpc) is 2.88. The number of furan rings is 1. The fraction of sp³-hybridized carbons (Fsp3) is 0.333. The van der Waals surface area contributed by atoms with Gasteiger partial charge in [-0.05, 0) is 37.2 Å². The van der Waals surface area contributed by atoms with E-state index in [0.29, 0.717) is 23.6 Å². The molecule has 2 N–H and O–H groups in total. The van der Waals surface area contributed by atoms with Gasteiger partial charge in [-0.25, -0.2) is 4.39 Å². The van der Waals surface area contributed by atoms with Gasteiger partial charge in [-0.1, -0.05) is 6.92 Å². The highest BCUT2D eigenvalue weighted by Crippen LogP contribution is 2.30. The molecule has 1 unspecified atom stereocenters. The third-order valence-corrected chi connectivity index (χ3v) is 3.15. The number of hydrogen-bond donors (Lipinski definition) is 1. The highest BCUT2D eigenvalue weighted by Gasteiger charge is 2.14. The molecule has 0 saturated carbocycles. The number of rotatable bonds is 5. The van der Waals surface area contributed by atoms with Gasteiger partial charge >= 0.3 is 0 Å². The van der Waals surface area contributed by atoms with E-state index >= 15 is 0 Å². The summed E-state index contributed by atoms with van der Waals surface area (Å²) >= 11 is 0. The van der Waals surface area contributed by atoms with Crippen LogP contribution >= 0.6 is 0 Å². The maximum atomic E-state index is 13.9. The summed E-state index contributed by atoms with van der Waals surface area (Å²) in [4.78, 5) is 0. The highest BCUT2D eigenvalue weighted by molar-refractivity contribution is 5.59. The van der Waals surface area contributed by atoms with Crippen molar-refractivity contribution in [3.8, 4) is 17.1 Å². The smallest absolute Gasteiger partial charge is 0.137 e. The summed E-state index contributed by atoms with van der Waals surface area (Å²) in [6.07, 6.45) is 0.845. The zero-order valence-electron chi connectivity index (χ0n) is 11.2. The van der Waals surface area contributed by atoms with Crippen LogP contribution in [-0.4, -0.2) is 13.7 Å². The number of methoxy groups -OCH3 is 1. The molecule has 0 amide bonds. The van der Waals surface area contributed by atoms with Gasteiger partial charge in [0.15, 0.2) is 0 Å². The second-order valence-corrected chi connectivity index (χ2v) is 4.53. The third kappa shape index (κ3) is 2.96. The molecular formula is C15H18FNO2. The van der Waals surface area contributed by atoms with Gasteiger partial charge in [-0.3, -0.25) is 0 Å². The van der Waals surface area contributed by atoms with Gasteiger partial charge in [0.25, 0.3) is 0 Å². The van der Waals surface area contributed by atoms with E-state index in [0.717, 1.165) is 12.2 Å². The Labute approximate surface area is 112 Å². The number of nitrogens with two attached hydrogens (primary N) is 1. The molecule has 4 heteroatoms. The molecule has 1 atom stereocenters. The third-order valence-electron chi connectivity index (χ3n) is 3.15. The molecule has 0 aliphatic rings. The SMILES string of the molecule is COc1ccc(-c2ccc(C(C)CCN)o2)c(F)c1. The molecule has 0 aliphatic carbocycles. The second kappa shape index (κ2) is 5.89. The molecule has 1 aromatic heterocycles. The zero-order valence-corrected chi connectivity index (χ0v) is 11.2. The van der Waals surface area contributed by atoms with Crippen molar-refractivity contribution in [1.29, 1.82) is 0 Å². The Kier molecular flexibility index (Phi) is 4.22. The summed E-state index contributed by atoms with van der Waals surface area (Å²) in [5.41, 5.74) is 5.96. The summed E-state index contributed by atoms with van der Waals surface area (Å²) < 4.78 is 24.6. The van der Waals surface area contributed by atoms with E-state index in [9.17, 15) is 4.39 Å². The normalized spacial score (nSPS) is 12.4. The summed E-state index contributed by atoms with van der Waals surface area (Å²) in [7, 11) is 1.51. The Bertz CT molecular complexity index is 551. The lowest BCUT2D eigenvalue weighted by Gasteiger charge is -2.06. The number of halogens is 1. The largest absolute Gasteiger partial charge is 0.497 e. The molecular weight excluding hydrogens is 245 g/mol. The standard InChI is InChI=1S/C15H18FNO2/c1-10(7-8-17)14-5-6-15(19-14)12-4-3-11(18-2)9-13(12)16/h3-6,9-10H,7-8,17H2,1-2H3. The van der Waals surface area contributed by atoms with Crippen LogP contribution in [0.15, 0.2) is 34.7 Å². The van der Waals surface area contributed by atoms with E-state index in [-0.39, 0.29) is 11.7 Å². The zero-order chi connectivity index (χ0) is 13.8. The Morgan fingerprint density at radius 3 is 2.74 bits per heavy atom. The first-order chi connectivity index (χ1) is 9.15. The van der Waals surface area contributed by atoms with Crippen LogP contribution in [0.25, 0.3) is 11.3 Å². The first-order valence-electron chi connectivity index (χ1n) is 6.29. The fourth-order valence-electron chi connectivity index (χ4n) is 1.98. The van der Waals surface area contributed by atoms with Crippen LogP contribution in [0, 0.1) is 5.82 Å². The molecule has 0 saturated heterocycles. The van der Waals surface area contributed by atoms with Crippen molar-refractivity contribution in [3.05, 3.63) is 41.9 Å². The lowest BCUT2D eigenvalue weighted by molar-refractivity contribution is 0.411. The first kappa shape index (κ1) is 13.6. The summed E-state index contributed by atoms with van der Waals surface area (Å²) in [5.74, 6) is 1.73. The van der Waals surface area contributed by atoms with E-state index in [1.807, 2.05) is 13.0 Å². The molecule has 0 spiro atoms. The monoisotopic (exact) mass is 263 g/mol. The van der Waals surface area contributed by atoms with Gasteiger partial charge in [-0.2, -0.15) is 0 Å². The van der Waals surface area contributed by atoms with Gasteiger partial charge in [-0.15, -0.1) is 0 Å². The van der Waals surface area contributed by atoms with Gasteiger partial charge in [0.05, 0.1) is 12.7 Å². The van der Waals surface area contributed by atoms with Gasteiger partial charge in [0.1, 0.15) is 23.1 Å². The quantitative estimate of drug-likeness (QED) is 0.897. The predicted molar refractivity (Wildman–Crippen MR) is 72.7 cm³/mol. The molecule has 19 heavy (non-hydrogen) atoms. The molecule has 0 radical (unpaired) electrons. The molecule has 2 rings (SSSR count). The maximum absolute atomic E-state index is 13.9. The first-order valence-corrected chi connectivity index (χ1v) is 6.29. The molecule has 0 aliphatic heterocycles. The summed E-state index contributed by atoms with van der Waals surface area (Å²) in [6, 6.07) is 8.38. The molecule has 1 heterocycles. The Morgan fingerprint density at radius 2 is 2.11 bits per heavy atom. The van der Waals surface area contributed by atoms with Crippen LogP contribution in [0.3, 0.4) is 0 Å². The molecule has 102 valence electrons. The lowest BCUT2D eigenvalue weighted by Crippen LogP contribution is -2.03. The van der Waals surface area contributed by atoms with Crippen LogP contribution in [0.2, 0.25) is 0 Å². The van der Waals surface area contributed by atoms with E-state index in [4.69, 9.17) is 14.9 Å². The average molecular weight is 263 g/mol. The van der Waals surface area contributed by atoms with Crippen LogP contribution in [0.5, 0.6) is 5.75 Å². The molecule has 2 aromatic rings. The number of ether oxygens (including phenoxy) is 1. The van der Waals surface area contributed by atoms with E-state index in [1.54, 1.807) is 18.2 Å². The van der Waals surface area contributed by atoms with Crippen molar-refractivity contribution in [1.82, 2.24) is 0 Å². The fourth-order valence-corrected chi connectivity index (χ4v) is 1.98. The van der Waals surface area contributed by atoms with Crippen molar-refractivity contribution < 1.29 is 13.5 Å². The van der Waals surface area contributed by atoms with Gasteiger partial charge in [0.2, 0.25) is 0 Å². The Balaban J connectivity index is 2.27. The minimum absolute atomic E-state index is 0.236. The number of hydrogen-bond acceptors (Lipinski definition) is 3. The van der Waals surface area contributed by atoms with Crippen molar-refractivity contribution in [3.63, 3.8) is 0 Å². The topological polar surface area (TPSA) is 48.4 Å². The number of benzene rings is 1. The maximum Gasteiger partial charge on any atom is 0.137 e. The van der Waals surface area contributed by atoms with E-state index in [2.05, 4.69) is 0 Å². The van der Waals surface area contributed by atoms with Crippen molar-refractivity contribution in [2.24, 2.45) is 5.73 Å². The molecule has 3 nitrogen and oxygen atoms in total. The van der Waals surface area contributed by atoms with E-state index < -0.39 is 0 Å². The summed E-state index contributed by atoms with van der Waals surface area (Å²) in [5, 5.41) is 0. The van der Waals surface area contributed by atoms with Gasteiger partial charge < -0.3 is 14.9 Å². The molecule has 0 fully saturated rings. The predicted octanol–water partition coefficient (Wildman–Crippen LogP) is 3.55. The molecule has 1 aromatic carbocycles. The van der Waals surface area contributed by atoms with Crippen LogP contribution in [-0.2, 0) is 0 Å². The molecule has 0 bridgehead atoms. The Hall–Kier alpha value is -1.81. The summed E-state index contributed by atoms with van der Waals surface area (Å²) in [6.45, 7) is 2.65.